The molecule has 1 aliphatic rings. The summed E-state index contributed by atoms with van der Waals surface area (Å²) in [6.45, 7) is 5.46. The first-order valence-corrected chi connectivity index (χ1v) is 14.9. The zero-order chi connectivity index (χ0) is 21.3. The zero-order valence-corrected chi connectivity index (χ0v) is 21.0. The van der Waals surface area contributed by atoms with E-state index in [1.165, 1.54) is 37.9 Å². The lowest BCUT2D eigenvalue weighted by molar-refractivity contribution is 0.273. The Kier molecular flexibility index (Phi) is 10.3. The molecule has 0 saturated heterocycles. The Labute approximate surface area is 186 Å². The SMILES string of the molecule is CSc1ccnc(CCSCCCCC2CCC(CS(=O)(=O)C(C)(C)C)CC2)n1. The molecule has 0 amide bonds. The highest BCUT2D eigenvalue weighted by atomic mass is 32.2. The molecule has 0 N–H and O–H groups in total. The van der Waals surface area contributed by atoms with Crippen molar-refractivity contribution >= 4 is 33.4 Å². The Morgan fingerprint density at radius 2 is 1.76 bits per heavy atom. The summed E-state index contributed by atoms with van der Waals surface area (Å²) >= 11 is 3.67. The Bertz CT molecular complexity index is 709. The molecule has 0 aromatic carbocycles. The molecule has 166 valence electrons. The van der Waals surface area contributed by atoms with Gasteiger partial charge in [0.1, 0.15) is 5.82 Å². The van der Waals surface area contributed by atoms with Crippen molar-refractivity contribution in [1.82, 2.24) is 9.97 Å². The van der Waals surface area contributed by atoms with Gasteiger partial charge in [0.25, 0.3) is 0 Å². The summed E-state index contributed by atoms with van der Waals surface area (Å²) in [6.07, 6.45) is 13.3. The molecule has 0 aliphatic heterocycles. The molecule has 29 heavy (non-hydrogen) atoms. The van der Waals surface area contributed by atoms with Crippen LogP contribution in [-0.2, 0) is 16.3 Å². The molecular weight excluding hydrogens is 420 g/mol. The van der Waals surface area contributed by atoms with Gasteiger partial charge in [0, 0.05) is 18.4 Å². The summed E-state index contributed by atoms with van der Waals surface area (Å²) in [4.78, 5) is 8.88. The minimum Gasteiger partial charge on any atom is -0.241 e. The molecule has 4 nitrogen and oxygen atoms in total. The first kappa shape index (κ1) is 25.0. The fourth-order valence-electron chi connectivity index (χ4n) is 3.76. The summed E-state index contributed by atoms with van der Waals surface area (Å²) in [7, 11) is -2.98. The molecule has 0 unspecified atom stereocenters. The van der Waals surface area contributed by atoms with Crippen LogP contribution in [0.25, 0.3) is 0 Å². The average molecular weight is 459 g/mol. The standard InChI is InChI=1S/C22H38N2O2S3/c1-22(2,3)29(25,26)17-19-10-8-18(9-11-19)7-5-6-15-28-16-13-20-23-14-12-21(24-20)27-4/h12,14,18-19H,5-11,13,15-17H2,1-4H3. The quantitative estimate of drug-likeness (QED) is 0.242. The molecule has 1 aromatic heterocycles. The van der Waals surface area contributed by atoms with Crippen molar-refractivity contribution in [2.24, 2.45) is 11.8 Å². The van der Waals surface area contributed by atoms with Crippen LogP contribution in [-0.4, -0.2) is 46.6 Å². The number of aromatic nitrogens is 2. The van der Waals surface area contributed by atoms with Gasteiger partial charge in [-0.05, 0) is 69.9 Å². The highest BCUT2D eigenvalue weighted by Gasteiger charge is 2.33. The van der Waals surface area contributed by atoms with Crippen LogP contribution >= 0.6 is 23.5 Å². The first-order valence-electron chi connectivity index (χ1n) is 10.9. The van der Waals surface area contributed by atoms with E-state index in [1.54, 1.807) is 11.8 Å². The molecule has 1 fully saturated rings. The van der Waals surface area contributed by atoms with Crippen LogP contribution in [0.1, 0.15) is 71.5 Å². The van der Waals surface area contributed by atoms with Gasteiger partial charge in [0.05, 0.1) is 15.5 Å². The predicted molar refractivity (Wildman–Crippen MR) is 128 cm³/mol. The van der Waals surface area contributed by atoms with Crippen molar-refractivity contribution in [1.29, 1.82) is 0 Å². The molecule has 1 saturated carbocycles. The van der Waals surface area contributed by atoms with Crippen LogP contribution in [0, 0.1) is 11.8 Å². The summed E-state index contributed by atoms with van der Waals surface area (Å²) in [5.41, 5.74) is 0. The molecule has 2 rings (SSSR count). The van der Waals surface area contributed by atoms with Crippen LogP contribution in [0.15, 0.2) is 17.3 Å². The lowest BCUT2D eigenvalue weighted by Crippen LogP contribution is -2.34. The third-order valence-electron chi connectivity index (χ3n) is 5.86. The summed E-state index contributed by atoms with van der Waals surface area (Å²) in [5, 5.41) is 1.05. The van der Waals surface area contributed by atoms with Gasteiger partial charge in [0.15, 0.2) is 9.84 Å². The van der Waals surface area contributed by atoms with Crippen molar-refractivity contribution in [2.75, 3.05) is 23.5 Å². The zero-order valence-electron chi connectivity index (χ0n) is 18.5. The smallest absolute Gasteiger partial charge is 0.155 e. The van der Waals surface area contributed by atoms with Gasteiger partial charge < -0.3 is 0 Å². The van der Waals surface area contributed by atoms with Gasteiger partial charge in [-0.1, -0.05) is 25.7 Å². The second kappa shape index (κ2) is 11.9. The molecule has 1 aromatic rings. The van der Waals surface area contributed by atoms with E-state index in [2.05, 4.69) is 9.97 Å². The number of hydrogen-bond donors (Lipinski definition) is 0. The van der Waals surface area contributed by atoms with E-state index in [0.29, 0.717) is 11.7 Å². The summed E-state index contributed by atoms with van der Waals surface area (Å²) < 4.78 is 24.2. The normalized spacial score (nSPS) is 20.7. The van der Waals surface area contributed by atoms with Crippen molar-refractivity contribution in [3.8, 4) is 0 Å². The average Bonchev–Trinajstić information content (AvgIpc) is 2.67. The van der Waals surface area contributed by atoms with Crippen molar-refractivity contribution in [3.63, 3.8) is 0 Å². The lowest BCUT2D eigenvalue weighted by atomic mass is 9.80. The monoisotopic (exact) mass is 458 g/mol. The van der Waals surface area contributed by atoms with Crippen LogP contribution in [0.5, 0.6) is 0 Å². The number of sulfone groups is 1. The molecular formula is C22H38N2O2S3. The maximum atomic E-state index is 12.4. The predicted octanol–water partition coefficient (Wildman–Crippen LogP) is 5.66. The van der Waals surface area contributed by atoms with Gasteiger partial charge in [0.2, 0.25) is 0 Å². The number of nitrogens with zero attached hydrogens (tertiary/aromatic N) is 2. The van der Waals surface area contributed by atoms with Crippen molar-refractivity contribution < 1.29 is 8.42 Å². The first-order chi connectivity index (χ1) is 13.7. The van der Waals surface area contributed by atoms with Gasteiger partial charge in [-0.3, -0.25) is 0 Å². The molecule has 0 radical (unpaired) electrons. The Morgan fingerprint density at radius 3 is 2.41 bits per heavy atom. The van der Waals surface area contributed by atoms with E-state index in [4.69, 9.17) is 0 Å². The fourth-order valence-corrected chi connectivity index (χ4v) is 6.55. The maximum absolute atomic E-state index is 12.4. The number of unbranched alkanes of at least 4 members (excludes halogenated alkanes) is 1. The maximum Gasteiger partial charge on any atom is 0.155 e. The minimum absolute atomic E-state index is 0.373. The minimum atomic E-state index is -2.98. The molecule has 7 heteroatoms. The highest BCUT2D eigenvalue weighted by molar-refractivity contribution is 7.99. The fraction of sp³-hybridized carbons (Fsp3) is 0.818. The molecule has 0 atom stereocenters. The Balaban J connectivity index is 1.53. The van der Waals surface area contributed by atoms with Gasteiger partial charge >= 0.3 is 0 Å². The summed E-state index contributed by atoms with van der Waals surface area (Å²) in [6, 6.07) is 1.96. The summed E-state index contributed by atoms with van der Waals surface area (Å²) in [5.74, 6) is 4.81. The van der Waals surface area contributed by atoms with E-state index >= 15 is 0 Å². The van der Waals surface area contributed by atoms with E-state index in [1.807, 2.05) is 51.1 Å². The van der Waals surface area contributed by atoms with Gasteiger partial charge in [-0.15, -0.1) is 11.8 Å². The van der Waals surface area contributed by atoms with E-state index in [9.17, 15) is 8.42 Å². The Morgan fingerprint density at radius 1 is 1.07 bits per heavy atom. The van der Waals surface area contributed by atoms with Gasteiger partial charge in [-0.2, -0.15) is 11.8 Å². The number of rotatable bonds is 11. The topological polar surface area (TPSA) is 59.9 Å². The van der Waals surface area contributed by atoms with E-state index in [-0.39, 0.29) is 0 Å². The lowest BCUT2D eigenvalue weighted by Gasteiger charge is -2.30. The van der Waals surface area contributed by atoms with Crippen molar-refractivity contribution in [3.05, 3.63) is 18.1 Å². The Hall–Kier alpha value is -0.270. The number of aryl methyl sites for hydroxylation is 1. The molecule has 1 aliphatic carbocycles. The van der Waals surface area contributed by atoms with E-state index < -0.39 is 14.6 Å². The van der Waals surface area contributed by atoms with Crippen LogP contribution in [0.4, 0.5) is 0 Å². The van der Waals surface area contributed by atoms with Crippen LogP contribution in [0.3, 0.4) is 0 Å². The van der Waals surface area contributed by atoms with E-state index in [0.717, 1.165) is 41.8 Å². The second-order valence-electron chi connectivity index (χ2n) is 9.15. The van der Waals surface area contributed by atoms with Crippen LogP contribution in [0.2, 0.25) is 0 Å². The van der Waals surface area contributed by atoms with Gasteiger partial charge in [-0.25, -0.2) is 18.4 Å². The molecule has 0 bridgehead atoms. The van der Waals surface area contributed by atoms with Crippen molar-refractivity contribution in [2.45, 2.75) is 81.9 Å². The van der Waals surface area contributed by atoms with Crippen LogP contribution < -0.4 is 0 Å². The molecule has 1 heterocycles. The number of hydrogen-bond acceptors (Lipinski definition) is 6. The largest absolute Gasteiger partial charge is 0.241 e. The third-order valence-corrected chi connectivity index (χ3v) is 10.4. The second-order valence-corrected chi connectivity index (χ2v) is 14.0. The highest BCUT2D eigenvalue weighted by Crippen LogP contribution is 2.34. The molecule has 0 spiro atoms. The number of thioether (sulfide) groups is 2. The third kappa shape index (κ3) is 8.78.